The summed E-state index contributed by atoms with van der Waals surface area (Å²) >= 11 is 3.38. The van der Waals surface area contributed by atoms with Crippen LogP contribution < -0.4 is 5.32 Å². The summed E-state index contributed by atoms with van der Waals surface area (Å²) in [5.41, 5.74) is 1.06. The molecule has 0 radical (unpaired) electrons. The molecule has 1 aromatic rings. The molecule has 0 heterocycles. The number of hydrogen-bond donors (Lipinski definition) is 2. The molecule has 0 bridgehead atoms. The predicted octanol–water partition coefficient (Wildman–Crippen LogP) is 2.36. The van der Waals surface area contributed by atoms with E-state index in [2.05, 4.69) is 21.2 Å². The molecule has 19 heavy (non-hydrogen) atoms. The molecule has 1 atom stereocenters. The van der Waals surface area contributed by atoms with E-state index in [1.54, 1.807) is 0 Å². The third-order valence-electron chi connectivity index (χ3n) is 3.21. The van der Waals surface area contributed by atoms with Gasteiger partial charge in [0.2, 0.25) is 5.91 Å². The molecule has 1 aliphatic carbocycles. The van der Waals surface area contributed by atoms with E-state index in [1.807, 2.05) is 24.3 Å². The fourth-order valence-corrected chi connectivity index (χ4v) is 2.45. The number of carbonyl (C=O) groups is 2. The quantitative estimate of drug-likeness (QED) is 0.843. The number of benzene rings is 1. The first kappa shape index (κ1) is 14.1. The van der Waals surface area contributed by atoms with Gasteiger partial charge in [0.15, 0.2) is 0 Å². The Kier molecular flexibility index (Phi) is 4.58. The molecule has 2 N–H and O–H groups in total. The topological polar surface area (TPSA) is 66.4 Å². The van der Waals surface area contributed by atoms with Gasteiger partial charge in [-0.05, 0) is 42.9 Å². The summed E-state index contributed by atoms with van der Waals surface area (Å²) < 4.78 is 0.979. The standard InChI is InChI=1S/C14H16BrNO3/c15-11-3-1-2-9(8-11)4-7-12(17)16-13(14(18)19)10-5-6-10/h1-3,8,10,13H,4-7H2,(H,16,17)(H,18,19). The van der Waals surface area contributed by atoms with Gasteiger partial charge in [-0.1, -0.05) is 28.1 Å². The minimum Gasteiger partial charge on any atom is -0.480 e. The Hall–Kier alpha value is -1.36. The number of aryl methyl sites for hydroxylation is 1. The lowest BCUT2D eigenvalue weighted by molar-refractivity contribution is -0.142. The predicted molar refractivity (Wildman–Crippen MR) is 74.8 cm³/mol. The molecule has 2 rings (SSSR count). The van der Waals surface area contributed by atoms with Crippen LogP contribution in [0.4, 0.5) is 0 Å². The summed E-state index contributed by atoms with van der Waals surface area (Å²) in [6, 6.07) is 7.05. The lowest BCUT2D eigenvalue weighted by Crippen LogP contribution is -2.42. The van der Waals surface area contributed by atoms with Crippen molar-refractivity contribution in [2.45, 2.75) is 31.7 Å². The number of carboxylic acids is 1. The first-order valence-corrected chi connectivity index (χ1v) is 7.12. The Morgan fingerprint density at radius 2 is 2.16 bits per heavy atom. The summed E-state index contributed by atoms with van der Waals surface area (Å²) in [6.45, 7) is 0. The molecule has 1 saturated carbocycles. The zero-order valence-corrected chi connectivity index (χ0v) is 12.0. The van der Waals surface area contributed by atoms with Gasteiger partial charge < -0.3 is 10.4 Å². The molecule has 0 aliphatic heterocycles. The molecular weight excluding hydrogens is 310 g/mol. The van der Waals surface area contributed by atoms with E-state index in [4.69, 9.17) is 5.11 Å². The van der Waals surface area contributed by atoms with Crippen molar-refractivity contribution >= 4 is 27.8 Å². The highest BCUT2D eigenvalue weighted by molar-refractivity contribution is 9.10. The minimum atomic E-state index is -0.932. The van der Waals surface area contributed by atoms with Crippen LogP contribution in [0.15, 0.2) is 28.7 Å². The maximum atomic E-state index is 11.8. The number of nitrogens with one attached hydrogen (secondary N) is 1. The van der Waals surface area contributed by atoms with Crippen LogP contribution in [-0.2, 0) is 16.0 Å². The number of carboxylic acid groups (broad SMARTS) is 1. The van der Waals surface area contributed by atoms with Crippen LogP contribution in [0.1, 0.15) is 24.8 Å². The maximum Gasteiger partial charge on any atom is 0.326 e. The Bertz CT molecular complexity index is 485. The van der Waals surface area contributed by atoms with Gasteiger partial charge in [0.25, 0.3) is 0 Å². The van der Waals surface area contributed by atoms with Gasteiger partial charge in [-0.25, -0.2) is 4.79 Å². The molecule has 1 fully saturated rings. The van der Waals surface area contributed by atoms with Gasteiger partial charge in [-0.15, -0.1) is 0 Å². The monoisotopic (exact) mass is 325 g/mol. The van der Waals surface area contributed by atoms with E-state index in [1.165, 1.54) is 0 Å². The molecule has 4 nitrogen and oxygen atoms in total. The molecule has 102 valence electrons. The highest BCUT2D eigenvalue weighted by Gasteiger charge is 2.37. The average Bonchev–Trinajstić information content (AvgIpc) is 3.17. The van der Waals surface area contributed by atoms with Crippen LogP contribution in [0.25, 0.3) is 0 Å². The fraction of sp³-hybridized carbons (Fsp3) is 0.429. The molecule has 0 aromatic heterocycles. The van der Waals surface area contributed by atoms with Gasteiger partial charge in [-0.2, -0.15) is 0 Å². The van der Waals surface area contributed by atoms with Crippen LogP contribution in [-0.4, -0.2) is 23.0 Å². The van der Waals surface area contributed by atoms with E-state index < -0.39 is 12.0 Å². The highest BCUT2D eigenvalue weighted by Crippen LogP contribution is 2.32. The van der Waals surface area contributed by atoms with Gasteiger partial charge in [-0.3, -0.25) is 4.79 Å². The van der Waals surface area contributed by atoms with Crippen LogP contribution in [0, 0.1) is 5.92 Å². The van der Waals surface area contributed by atoms with Crippen molar-refractivity contribution in [1.82, 2.24) is 5.32 Å². The summed E-state index contributed by atoms with van der Waals surface area (Å²) in [7, 11) is 0. The van der Waals surface area contributed by atoms with Gasteiger partial charge in [0.1, 0.15) is 6.04 Å². The second-order valence-electron chi connectivity index (χ2n) is 4.85. The van der Waals surface area contributed by atoms with Gasteiger partial charge in [0, 0.05) is 10.9 Å². The fourth-order valence-electron chi connectivity index (χ4n) is 2.01. The normalized spacial score (nSPS) is 15.8. The lowest BCUT2D eigenvalue weighted by Gasteiger charge is -2.13. The first-order chi connectivity index (χ1) is 9.06. The van der Waals surface area contributed by atoms with E-state index in [0.29, 0.717) is 12.8 Å². The van der Waals surface area contributed by atoms with Crippen molar-refractivity contribution < 1.29 is 14.7 Å². The third-order valence-corrected chi connectivity index (χ3v) is 3.70. The molecule has 0 saturated heterocycles. The van der Waals surface area contributed by atoms with E-state index >= 15 is 0 Å². The largest absolute Gasteiger partial charge is 0.480 e. The second kappa shape index (κ2) is 6.19. The van der Waals surface area contributed by atoms with Crippen molar-refractivity contribution in [3.05, 3.63) is 34.3 Å². The smallest absolute Gasteiger partial charge is 0.326 e. The Labute approximate surface area is 120 Å². The van der Waals surface area contributed by atoms with E-state index in [9.17, 15) is 9.59 Å². The van der Waals surface area contributed by atoms with Crippen molar-refractivity contribution in [3.8, 4) is 0 Å². The SMILES string of the molecule is O=C(CCc1cccc(Br)c1)NC(C(=O)O)C1CC1. The summed E-state index contributed by atoms with van der Waals surface area (Å²) in [6.07, 6.45) is 2.71. The zero-order valence-electron chi connectivity index (χ0n) is 10.4. The number of carbonyl (C=O) groups excluding carboxylic acids is 1. The average molecular weight is 326 g/mol. The Morgan fingerprint density at radius 3 is 2.74 bits per heavy atom. The summed E-state index contributed by atoms with van der Waals surface area (Å²) in [4.78, 5) is 22.8. The van der Waals surface area contributed by atoms with Crippen LogP contribution >= 0.6 is 15.9 Å². The Balaban J connectivity index is 1.82. The van der Waals surface area contributed by atoms with Gasteiger partial charge >= 0.3 is 5.97 Å². The molecule has 1 amide bonds. The van der Waals surface area contributed by atoms with Crippen molar-refractivity contribution in [2.75, 3.05) is 0 Å². The minimum absolute atomic E-state index is 0.118. The molecule has 0 spiro atoms. The first-order valence-electron chi connectivity index (χ1n) is 6.33. The molecule has 1 aromatic carbocycles. The van der Waals surface area contributed by atoms with Crippen LogP contribution in [0.5, 0.6) is 0 Å². The maximum absolute atomic E-state index is 11.8. The van der Waals surface area contributed by atoms with Crippen LogP contribution in [0.3, 0.4) is 0 Å². The van der Waals surface area contributed by atoms with Gasteiger partial charge in [0.05, 0.1) is 0 Å². The highest BCUT2D eigenvalue weighted by atomic mass is 79.9. The van der Waals surface area contributed by atoms with E-state index in [0.717, 1.165) is 22.9 Å². The third kappa shape index (κ3) is 4.35. The van der Waals surface area contributed by atoms with E-state index in [-0.39, 0.29) is 11.8 Å². The number of halogens is 1. The Morgan fingerprint density at radius 1 is 1.42 bits per heavy atom. The molecule has 5 heteroatoms. The van der Waals surface area contributed by atoms with Crippen molar-refractivity contribution in [2.24, 2.45) is 5.92 Å². The number of aliphatic carboxylic acids is 1. The number of hydrogen-bond acceptors (Lipinski definition) is 2. The van der Waals surface area contributed by atoms with Crippen molar-refractivity contribution in [1.29, 1.82) is 0 Å². The molecular formula is C14H16BrNO3. The number of rotatable bonds is 6. The summed E-state index contributed by atoms with van der Waals surface area (Å²) in [5, 5.41) is 11.6. The lowest BCUT2D eigenvalue weighted by atomic mass is 10.1. The summed E-state index contributed by atoms with van der Waals surface area (Å²) in [5.74, 6) is -1.01. The number of amides is 1. The second-order valence-corrected chi connectivity index (χ2v) is 5.77. The van der Waals surface area contributed by atoms with Crippen molar-refractivity contribution in [3.63, 3.8) is 0 Å². The molecule has 1 aliphatic rings. The molecule has 1 unspecified atom stereocenters. The zero-order chi connectivity index (χ0) is 13.8. The van der Waals surface area contributed by atoms with Crippen LogP contribution in [0.2, 0.25) is 0 Å².